The van der Waals surface area contributed by atoms with Gasteiger partial charge in [-0.25, -0.2) is 9.59 Å². The van der Waals surface area contributed by atoms with Gasteiger partial charge in [-0.2, -0.15) is 13.2 Å². The van der Waals surface area contributed by atoms with Crippen LogP contribution in [0.25, 0.3) is 0 Å². The van der Waals surface area contributed by atoms with Crippen molar-refractivity contribution in [2.45, 2.75) is 97.1 Å². The molecule has 2 aliphatic rings. The molecule has 2 aliphatic heterocycles. The molecule has 0 saturated carbocycles. The molecule has 3 heterocycles. The molecule has 2 fully saturated rings. The predicted octanol–water partition coefficient (Wildman–Crippen LogP) is 4.64. The third kappa shape index (κ3) is 7.30. The van der Waals surface area contributed by atoms with Crippen molar-refractivity contribution in [1.29, 1.82) is 0 Å². The molecule has 0 N–H and O–H groups in total. The van der Waals surface area contributed by atoms with Crippen LogP contribution in [-0.2, 0) is 26.9 Å². The first-order chi connectivity index (χ1) is 17.6. The van der Waals surface area contributed by atoms with E-state index in [2.05, 4.69) is 4.90 Å². The van der Waals surface area contributed by atoms with E-state index in [1.807, 2.05) is 34.6 Å². The van der Waals surface area contributed by atoms with Crippen LogP contribution in [0.1, 0.15) is 78.0 Å². The molecule has 1 aromatic rings. The van der Waals surface area contributed by atoms with Crippen LogP contribution in [0.4, 0.5) is 18.0 Å². The zero-order chi connectivity index (χ0) is 28.4. The summed E-state index contributed by atoms with van der Waals surface area (Å²) in [4.78, 5) is 42.0. The van der Waals surface area contributed by atoms with Crippen LogP contribution in [0.2, 0.25) is 0 Å². The van der Waals surface area contributed by atoms with Gasteiger partial charge in [0.1, 0.15) is 11.6 Å². The number of piperazine rings is 1. The number of pyridine rings is 1. The summed E-state index contributed by atoms with van der Waals surface area (Å²) in [6, 6.07) is -0.527. The van der Waals surface area contributed by atoms with Crippen molar-refractivity contribution >= 4 is 12.1 Å². The Morgan fingerprint density at radius 3 is 2.21 bits per heavy atom. The minimum atomic E-state index is -4.71. The third-order valence-corrected chi connectivity index (χ3v) is 6.92. The lowest BCUT2D eigenvalue weighted by Crippen LogP contribution is -2.56. The summed E-state index contributed by atoms with van der Waals surface area (Å²) in [5.74, 6) is -0.623. The lowest BCUT2D eigenvalue weighted by atomic mass is 10.0. The van der Waals surface area contributed by atoms with Gasteiger partial charge in [0.15, 0.2) is 0 Å². The largest absolute Gasteiger partial charge is 0.464 e. The average Bonchev–Trinajstić information content (AvgIpc) is 3.05. The number of hydrogen-bond acceptors (Lipinski definition) is 6. The highest BCUT2D eigenvalue weighted by atomic mass is 19.4. The van der Waals surface area contributed by atoms with Crippen LogP contribution < -0.4 is 5.56 Å². The number of ether oxygens (including phenoxy) is 2. The predicted molar refractivity (Wildman–Crippen MR) is 136 cm³/mol. The molecule has 0 aliphatic carbocycles. The van der Waals surface area contributed by atoms with Crippen molar-refractivity contribution in [2.75, 3.05) is 26.2 Å². The van der Waals surface area contributed by atoms with Crippen molar-refractivity contribution in [3.8, 4) is 0 Å². The highest BCUT2D eigenvalue weighted by Gasteiger charge is 2.44. The second kappa shape index (κ2) is 11.7. The molecule has 2 saturated heterocycles. The summed E-state index contributed by atoms with van der Waals surface area (Å²) in [6.07, 6.45) is -1.95. The highest BCUT2D eigenvalue weighted by Crippen LogP contribution is 2.34. The van der Waals surface area contributed by atoms with Crippen molar-refractivity contribution in [1.82, 2.24) is 14.4 Å². The van der Waals surface area contributed by atoms with Gasteiger partial charge >= 0.3 is 18.2 Å². The Kier molecular flexibility index (Phi) is 9.21. The SMILES string of the molecule is CCOC(=O)C(CC(C)C)n1cc(CCN2CC3CCC(C2)N3C(=O)OC(C)(C)C)c(C(F)(F)F)cc1=O. The molecule has 38 heavy (non-hydrogen) atoms. The number of hydrogen-bond donors (Lipinski definition) is 0. The van der Waals surface area contributed by atoms with Crippen LogP contribution >= 0.6 is 0 Å². The van der Waals surface area contributed by atoms with Crippen LogP contribution in [-0.4, -0.2) is 70.4 Å². The fourth-order valence-corrected chi connectivity index (χ4v) is 5.37. The molecule has 8 nitrogen and oxygen atoms in total. The quantitative estimate of drug-likeness (QED) is 0.445. The standard InChI is InChI=1S/C27H40F3N3O5/c1-7-37-24(35)22(12-17(2)3)32-14-18(21(13-23(32)34)27(28,29)30)10-11-31-15-19-8-9-20(16-31)33(19)25(36)38-26(4,5)6/h13-14,17,19-20,22H,7-12,15-16H2,1-6H3. The van der Waals surface area contributed by atoms with E-state index in [1.54, 1.807) is 11.8 Å². The van der Waals surface area contributed by atoms with E-state index in [9.17, 15) is 27.6 Å². The lowest BCUT2D eigenvalue weighted by Gasteiger charge is -2.41. The van der Waals surface area contributed by atoms with E-state index in [-0.39, 0.29) is 49.1 Å². The van der Waals surface area contributed by atoms with Gasteiger partial charge in [-0.1, -0.05) is 13.8 Å². The van der Waals surface area contributed by atoms with Gasteiger partial charge < -0.3 is 14.0 Å². The van der Waals surface area contributed by atoms with Gasteiger partial charge in [0, 0.05) is 44.0 Å². The first-order valence-electron chi connectivity index (χ1n) is 13.3. The second-order valence-electron chi connectivity index (χ2n) is 11.6. The molecule has 3 rings (SSSR count). The van der Waals surface area contributed by atoms with Crippen LogP contribution in [0, 0.1) is 5.92 Å². The Bertz CT molecular complexity index is 1050. The number of nitrogens with zero attached hydrogens (tertiary/aromatic N) is 3. The zero-order valence-electron chi connectivity index (χ0n) is 23.1. The van der Waals surface area contributed by atoms with Crippen LogP contribution in [0.3, 0.4) is 0 Å². The topological polar surface area (TPSA) is 81.1 Å². The van der Waals surface area contributed by atoms with E-state index in [1.165, 1.54) is 6.20 Å². The Morgan fingerprint density at radius 2 is 1.71 bits per heavy atom. The number of esters is 1. The maximum absolute atomic E-state index is 13.9. The molecule has 3 unspecified atom stereocenters. The molecular weight excluding hydrogens is 503 g/mol. The summed E-state index contributed by atoms with van der Waals surface area (Å²) >= 11 is 0. The van der Waals surface area contributed by atoms with Crippen molar-refractivity contribution in [3.05, 3.63) is 33.7 Å². The van der Waals surface area contributed by atoms with Gasteiger partial charge in [0.05, 0.1) is 12.2 Å². The van der Waals surface area contributed by atoms with Crippen molar-refractivity contribution in [2.24, 2.45) is 5.92 Å². The number of amides is 1. The normalized spacial score (nSPS) is 21.1. The average molecular weight is 544 g/mol. The smallest absolute Gasteiger partial charge is 0.416 e. The lowest BCUT2D eigenvalue weighted by molar-refractivity contribution is -0.147. The van der Waals surface area contributed by atoms with Crippen LogP contribution in [0.15, 0.2) is 17.1 Å². The number of fused-ring (bicyclic) bond motifs is 2. The fraction of sp³-hybridized carbons (Fsp3) is 0.741. The van der Waals surface area contributed by atoms with E-state index in [0.29, 0.717) is 25.7 Å². The van der Waals surface area contributed by atoms with E-state index < -0.39 is 34.9 Å². The Balaban J connectivity index is 1.82. The number of carbonyl (C=O) groups is 2. The number of rotatable bonds is 8. The molecular formula is C27H40F3N3O5. The summed E-state index contributed by atoms with van der Waals surface area (Å²) in [5.41, 5.74) is -2.52. The first-order valence-corrected chi connectivity index (χ1v) is 13.3. The highest BCUT2D eigenvalue weighted by molar-refractivity contribution is 5.74. The number of likely N-dealkylation sites (tertiary alicyclic amines) is 1. The van der Waals surface area contributed by atoms with Gasteiger partial charge in [0.2, 0.25) is 0 Å². The van der Waals surface area contributed by atoms with Gasteiger partial charge in [-0.3, -0.25) is 14.6 Å². The van der Waals surface area contributed by atoms with Gasteiger partial charge in [-0.15, -0.1) is 0 Å². The maximum Gasteiger partial charge on any atom is 0.416 e. The second-order valence-corrected chi connectivity index (χ2v) is 11.6. The van der Waals surface area contributed by atoms with E-state index >= 15 is 0 Å². The van der Waals surface area contributed by atoms with Crippen molar-refractivity contribution < 1.29 is 32.2 Å². The monoisotopic (exact) mass is 543 g/mol. The Labute approximate surface area is 222 Å². The molecule has 11 heteroatoms. The molecule has 0 spiro atoms. The molecule has 1 aromatic heterocycles. The van der Waals surface area contributed by atoms with Crippen LogP contribution in [0.5, 0.6) is 0 Å². The number of halogens is 3. The van der Waals surface area contributed by atoms with E-state index in [4.69, 9.17) is 9.47 Å². The summed E-state index contributed by atoms with van der Waals surface area (Å²) in [7, 11) is 0. The maximum atomic E-state index is 13.9. The number of aromatic nitrogens is 1. The van der Waals surface area contributed by atoms with Gasteiger partial charge in [-0.05, 0) is 64.9 Å². The molecule has 214 valence electrons. The molecule has 0 radical (unpaired) electrons. The molecule has 0 aromatic carbocycles. The fourth-order valence-electron chi connectivity index (χ4n) is 5.37. The minimum absolute atomic E-state index is 0.0128. The van der Waals surface area contributed by atoms with Gasteiger partial charge in [0.25, 0.3) is 5.56 Å². The number of alkyl halides is 3. The zero-order valence-corrected chi connectivity index (χ0v) is 23.1. The van der Waals surface area contributed by atoms with E-state index in [0.717, 1.165) is 17.4 Å². The number of carbonyl (C=O) groups excluding carboxylic acids is 2. The molecule has 1 amide bonds. The molecule has 2 bridgehead atoms. The third-order valence-electron chi connectivity index (χ3n) is 6.92. The summed E-state index contributed by atoms with van der Waals surface area (Å²) < 4.78 is 53.5. The minimum Gasteiger partial charge on any atom is -0.464 e. The Morgan fingerprint density at radius 1 is 1.11 bits per heavy atom. The molecule has 3 atom stereocenters. The Hall–Kier alpha value is -2.56. The summed E-state index contributed by atoms with van der Waals surface area (Å²) in [6.45, 7) is 12.3. The first kappa shape index (κ1) is 30.0. The van der Waals surface area contributed by atoms with Crippen molar-refractivity contribution in [3.63, 3.8) is 0 Å². The summed E-state index contributed by atoms with van der Waals surface area (Å²) in [5, 5.41) is 0.